The van der Waals surface area contributed by atoms with Crippen molar-refractivity contribution in [1.29, 1.82) is 0 Å². The van der Waals surface area contributed by atoms with Crippen molar-refractivity contribution < 1.29 is 13.5 Å². The molecule has 2 nitrogen and oxygen atoms in total. The van der Waals surface area contributed by atoms with E-state index in [2.05, 4.69) is 5.32 Å². The van der Waals surface area contributed by atoms with Crippen molar-refractivity contribution in [3.05, 3.63) is 35.4 Å². The van der Waals surface area contributed by atoms with E-state index in [1.54, 1.807) is 0 Å². The lowest BCUT2D eigenvalue weighted by molar-refractivity contribution is 0.0323. The van der Waals surface area contributed by atoms with E-state index in [0.717, 1.165) is 6.07 Å². The third-order valence-corrected chi connectivity index (χ3v) is 2.68. The Kier molecular flexibility index (Phi) is 5.02. The minimum atomic E-state index is -0.559. The van der Waals surface area contributed by atoms with Gasteiger partial charge in [-0.15, -0.1) is 0 Å². The third-order valence-electron chi connectivity index (χ3n) is 2.68. The molecule has 1 heterocycles. The smallest absolute Gasteiger partial charge is 0.131 e. The molecule has 17 heavy (non-hydrogen) atoms. The van der Waals surface area contributed by atoms with Gasteiger partial charge in [0.05, 0.1) is 18.8 Å². The largest absolute Gasteiger partial charge is 0.378 e. The standard InChI is InChI=1S/C11H13F2NO.C2H6/c1-11(7-15-5-4-14-11)9-3-2-8(12)6-10(9)13;1-2/h2-3,6,14H,4-5,7H2,1H3;1-2H3. The van der Waals surface area contributed by atoms with Crippen LogP contribution in [0.25, 0.3) is 0 Å². The molecule has 1 aromatic rings. The van der Waals surface area contributed by atoms with Crippen molar-refractivity contribution in [2.45, 2.75) is 26.3 Å². The maximum Gasteiger partial charge on any atom is 0.131 e. The molecule has 1 N–H and O–H groups in total. The summed E-state index contributed by atoms with van der Waals surface area (Å²) in [6.07, 6.45) is 0. The summed E-state index contributed by atoms with van der Waals surface area (Å²) in [5.41, 5.74) is -0.112. The van der Waals surface area contributed by atoms with E-state index in [1.165, 1.54) is 12.1 Å². The molecule has 1 aliphatic rings. The van der Waals surface area contributed by atoms with Crippen molar-refractivity contribution in [1.82, 2.24) is 5.32 Å². The monoisotopic (exact) mass is 243 g/mol. The molecule has 1 unspecified atom stereocenters. The minimum Gasteiger partial charge on any atom is -0.378 e. The van der Waals surface area contributed by atoms with Crippen LogP contribution < -0.4 is 5.32 Å². The zero-order valence-corrected chi connectivity index (χ0v) is 10.5. The molecule has 96 valence electrons. The van der Waals surface area contributed by atoms with E-state index in [4.69, 9.17) is 4.74 Å². The van der Waals surface area contributed by atoms with Gasteiger partial charge in [-0.1, -0.05) is 19.9 Å². The summed E-state index contributed by atoms with van der Waals surface area (Å²) in [4.78, 5) is 0. The van der Waals surface area contributed by atoms with Crippen molar-refractivity contribution in [3.8, 4) is 0 Å². The van der Waals surface area contributed by atoms with Crippen molar-refractivity contribution in [2.24, 2.45) is 0 Å². The van der Waals surface area contributed by atoms with Crippen LogP contribution in [0.1, 0.15) is 26.3 Å². The van der Waals surface area contributed by atoms with Gasteiger partial charge < -0.3 is 10.1 Å². The van der Waals surface area contributed by atoms with Gasteiger partial charge in [0.2, 0.25) is 0 Å². The molecule has 4 heteroatoms. The van der Waals surface area contributed by atoms with Crippen LogP contribution >= 0.6 is 0 Å². The molecule has 0 bridgehead atoms. The van der Waals surface area contributed by atoms with Crippen LogP contribution in [0.5, 0.6) is 0 Å². The lowest BCUT2D eigenvalue weighted by Gasteiger charge is -2.35. The highest BCUT2D eigenvalue weighted by molar-refractivity contribution is 5.26. The maximum atomic E-state index is 13.5. The van der Waals surface area contributed by atoms with Gasteiger partial charge in [0.1, 0.15) is 11.6 Å². The molecule has 0 radical (unpaired) electrons. The number of morpholine rings is 1. The Hall–Kier alpha value is -1.00. The summed E-state index contributed by atoms with van der Waals surface area (Å²) in [5, 5.41) is 3.18. The highest BCUT2D eigenvalue weighted by Crippen LogP contribution is 2.26. The van der Waals surface area contributed by atoms with E-state index >= 15 is 0 Å². The first-order chi connectivity index (χ1) is 8.12. The fourth-order valence-electron chi connectivity index (χ4n) is 1.84. The van der Waals surface area contributed by atoms with Crippen LogP contribution in [-0.2, 0) is 10.3 Å². The summed E-state index contributed by atoms with van der Waals surface area (Å²) < 4.78 is 31.6. The first-order valence-corrected chi connectivity index (χ1v) is 5.90. The molecule has 1 fully saturated rings. The first-order valence-electron chi connectivity index (χ1n) is 5.90. The Bertz CT molecular complexity index is 362. The van der Waals surface area contributed by atoms with Gasteiger partial charge in [-0.2, -0.15) is 0 Å². The molecule has 1 saturated heterocycles. The predicted molar refractivity (Wildman–Crippen MR) is 63.9 cm³/mol. The van der Waals surface area contributed by atoms with Crippen molar-refractivity contribution >= 4 is 0 Å². The molecule has 2 rings (SSSR count). The Morgan fingerprint density at radius 1 is 1.29 bits per heavy atom. The average molecular weight is 243 g/mol. The van der Waals surface area contributed by atoms with Gasteiger partial charge in [0, 0.05) is 18.2 Å². The SMILES string of the molecule is CC.CC1(c2ccc(F)cc2F)COCCN1. The Labute approximate surface area is 101 Å². The van der Waals surface area contributed by atoms with Crippen LogP contribution in [0, 0.1) is 11.6 Å². The summed E-state index contributed by atoms with van der Waals surface area (Å²) >= 11 is 0. The van der Waals surface area contributed by atoms with Crippen LogP contribution in [0.2, 0.25) is 0 Å². The molecular formula is C13H19F2NO. The zero-order chi connectivity index (χ0) is 12.9. The van der Waals surface area contributed by atoms with Crippen LogP contribution in [0.15, 0.2) is 18.2 Å². The Morgan fingerprint density at radius 3 is 2.53 bits per heavy atom. The maximum absolute atomic E-state index is 13.5. The zero-order valence-electron chi connectivity index (χ0n) is 10.5. The van der Waals surface area contributed by atoms with Gasteiger partial charge in [-0.3, -0.25) is 0 Å². The quantitative estimate of drug-likeness (QED) is 0.819. The molecule has 1 aromatic carbocycles. The summed E-state index contributed by atoms with van der Waals surface area (Å²) in [6.45, 7) is 7.55. The molecule has 1 atom stereocenters. The van der Waals surface area contributed by atoms with Gasteiger partial charge in [-0.05, 0) is 13.0 Å². The second-order valence-corrected chi connectivity index (χ2v) is 3.94. The van der Waals surface area contributed by atoms with Crippen LogP contribution in [0.4, 0.5) is 8.78 Å². The predicted octanol–water partition coefficient (Wildman–Crippen LogP) is 2.83. The highest BCUT2D eigenvalue weighted by Gasteiger charge is 2.31. The Balaban J connectivity index is 0.000000686. The van der Waals surface area contributed by atoms with E-state index in [0.29, 0.717) is 25.3 Å². The minimum absolute atomic E-state index is 0.398. The fraction of sp³-hybridized carbons (Fsp3) is 0.538. The summed E-state index contributed by atoms with van der Waals surface area (Å²) in [7, 11) is 0. The fourth-order valence-corrected chi connectivity index (χ4v) is 1.84. The second kappa shape index (κ2) is 6.07. The van der Waals surface area contributed by atoms with E-state index in [-0.39, 0.29) is 0 Å². The number of hydrogen-bond donors (Lipinski definition) is 1. The molecule has 0 amide bonds. The van der Waals surface area contributed by atoms with Crippen LogP contribution in [0.3, 0.4) is 0 Å². The number of benzene rings is 1. The van der Waals surface area contributed by atoms with E-state index in [9.17, 15) is 8.78 Å². The Morgan fingerprint density at radius 2 is 2.00 bits per heavy atom. The third kappa shape index (κ3) is 3.23. The number of nitrogens with one attached hydrogen (secondary N) is 1. The van der Waals surface area contributed by atoms with Gasteiger partial charge in [-0.25, -0.2) is 8.78 Å². The van der Waals surface area contributed by atoms with Gasteiger partial charge >= 0.3 is 0 Å². The van der Waals surface area contributed by atoms with E-state index < -0.39 is 17.2 Å². The first kappa shape index (κ1) is 14.1. The summed E-state index contributed by atoms with van der Waals surface area (Å²) in [6, 6.07) is 3.63. The lowest BCUT2D eigenvalue weighted by atomic mass is 9.91. The number of hydrogen-bond acceptors (Lipinski definition) is 2. The van der Waals surface area contributed by atoms with Gasteiger partial charge in [0.25, 0.3) is 0 Å². The average Bonchev–Trinajstić information content (AvgIpc) is 2.32. The summed E-state index contributed by atoms with van der Waals surface area (Å²) in [5.74, 6) is -1.09. The lowest BCUT2D eigenvalue weighted by Crippen LogP contribution is -2.49. The number of rotatable bonds is 1. The number of halogens is 2. The highest BCUT2D eigenvalue weighted by atomic mass is 19.1. The second-order valence-electron chi connectivity index (χ2n) is 3.94. The molecular weight excluding hydrogens is 224 g/mol. The van der Waals surface area contributed by atoms with E-state index in [1.807, 2.05) is 20.8 Å². The van der Waals surface area contributed by atoms with Crippen LogP contribution in [-0.4, -0.2) is 19.8 Å². The normalized spacial score (nSPS) is 23.8. The topological polar surface area (TPSA) is 21.3 Å². The number of ether oxygens (including phenoxy) is 1. The van der Waals surface area contributed by atoms with Crippen molar-refractivity contribution in [2.75, 3.05) is 19.8 Å². The molecule has 0 spiro atoms. The van der Waals surface area contributed by atoms with Gasteiger partial charge in [0.15, 0.2) is 0 Å². The molecule has 0 saturated carbocycles. The molecule has 0 aliphatic carbocycles. The molecule has 0 aromatic heterocycles. The van der Waals surface area contributed by atoms with Crippen molar-refractivity contribution in [3.63, 3.8) is 0 Å². The molecule has 1 aliphatic heterocycles.